The smallest absolute Gasteiger partial charge is 0.339 e. The van der Waals surface area contributed by atoms with Gasteiger partial charge in [-0.3, -0.25) is 0 Å². The Kier molecular flexibility index (Phi) is 5.36. The van der Waals surface area contributed by atoms with E-state index in [-0.39, 0.29) is 5.97 Å². The van der Waals surface area contributed by atoms with Crippen molar-refractivity contribution >= 4 is 21.9 Å². The molecule has 0 aliphatic rings. The SMILES string of the molecule is CCOC(=O)c1c(CCBr)cccc1-c1ccccc1. The minimum absolute atomic E-state index is 0.247. The molecule has 0 atom stereocenters. The molecule has 2 rings (SSSR count). The monoisotopic (exact) mass is 332 g/mol. The van der Waals surface area contributed by atoms with Gasteiger partial charge in [0.05, 0.1) is 12.2 Å². The summed E-state index contributed by atoms with van der Waals surface area (Å²) in [5, 5.41) is 0.817. The van der Waals surface area contributed by atoms with Crippen LogP contribution in [0.4, 0.5) is 0 Å². The number of benzene rings is 2. The lowest BCUT2D eigenvalue weighted by molar-refractivity contribution is 0.0526. The molecule has 0 bridgehead atoms. The Bertz CT molecular complexity index is 579. The molecular formula is C17H17BrO2. The average molecular weight is 333 g/mol. The van der Waals surface area contributed by atoms with Crippen LogP contribution >= 0.6 is 15.9 Å². The van der Waals surface area contributed by atoms with E-state index in [2.05, 4.69) is 15.9 Å². The van der Waals surface area contributed by atoms with Gasteiger partial charge in [-0.05, 0) is 30.0 Å². The molecule has 2 nitrogen and oxygen atoms in total. The number of halogens is 1. The van der Waals surface area contributed by atoms with E-state index in [1.807, 2.05) is 55.5 Å². The third kappa shape index (κ3) is 3.28. The molecule has 0 amide bonds. The standard InChI is InChI=1S/C17H17BrO2/c1-2-20-17(19)16-14(11-12-18)9-6-10-15(16)13-7-4-3-5-8-13/h3-10H,2,11-12H2,1H3. The lowest BCUT2D eigenvalue weighted by Crippen LogP contribution is -2.10. The fourth-order valence-corrected chi connectivity index (χ4v) is 2.64. The third-order valence-corrected chi connectivity index (χ3v) is 3.48. The molecule has 0 fully saturated rings. The molecule has 2 aromatic carbocycles. The highest BCUT2D eigenvalue weighted by Crippen LogP contribution is 2.27. The van der Waals surface area contributed by atoms with E-state index in [9.17, 15) is 4.79 Å². The Morgan fingerprint density at radius 1 is 1.10 bits per heavy atom. The van der Waals surface area contributed by atoms with E-state index in [1.165, 1.54) is 0 Å². The van der Waals surface area contributed by atoms with Gasteiger partial charge in [-0.25, -0.2) is 4.79 Å². The number of aryl methyl sites for hydroxylation is 1. The van der Waals surface area contributed by atoms with Crippen LogP contribution in [0.2, 0.25) is 0 Å². The predicted octanol–water partition coefficient (Wildman–Crippen LogP) is 4.47. The summed E-state index contributed by atoms with van der Waals surface area (Å²) in [5.74, 6) is -0.247. The largest absolute Gasteiger partial charge is 0.462 e. The summed E-state index contributed by atoms with van der Waals surface area (Å²) < 4.78 is 5.22. The first kappa shape index (κ1) is 14.8. The van der Waals surface area contributed by atoms with Gasteiger partial charge in [-0.1, -0.05) is 64.5 Å². The van der Waals surface area contributed by atoms with Gasteiger partial charge in [0.15, 0.2) is 0 Å². The van der Waals surface area contributed by atoms with Crippen LogP contribution in [0.5, 0.6) is 0 Å². The molecule has 104 valence electrons. The van der Waals surface area contributed by atoms with Crippen LogP contribution in [0, 0.1) is 0 Å². The number of carbonyl (C=O) groups excluding carboxylic acids is 1. The Labute approximate surface area is 127 Å². The molecule has 2 aromatic rings. The number of alkyl halides is 1. The van der Waals surface area contributed by atoms with Crippen molar-refractivity contribution in [2.75, 3.05) is 11.9 Å². The number of ether oxygens (including phenoxy) is 1. The summed E-state index contributed by atoms with van der Waals surface area (Å²) in [5.41, 5.74) is 3.66. The molecule has 0 heterocycles. The zero-order valence-corrected chi connectivity index (χ0v) is 13.0. The van der Waals surface area contributed by atoms with Gasteiger partial charge in [0.25, 0.3) is 0 Å². The third-order valence-electron chi connectivity index (χ3n) is 3.08. The van der Waals surface area contributed by atoms with E-state index in [0.717, 1.165) is 28.4 Å². The summed E-state index contributed by atoms with van der Waals surface area (Å²) in [6.07, 6.45) is 0.800. The molecule has 20 heavy (non-hydrogen) atoms. The summed E-state index contributed by atoms with van der Waals surface area (Å²) >= 11 is 3.44. The van der Waals surface area contributed by atoms with Gasteiger partial charge in [-0.2, -0.15) is 0 Å². The van der Waals surface area contributed by atoms with Crippen molar-refractivity contribution < 1.29 is 9.53 Å². The molecule has 0 saturated heterocycles. The Morgan fingerprint density at radius 3 is 2.50 bits per heavy atom. The lowest BCUT2D eigenvalue weighted by Gasteiger charge is -2.13. The maximum absolute atomic E-state index is 12.3. The summed E-state index contributed by atoms with van der Waals surface area (Å²) in [6.45, 7) is 2.21. The van der Waals surface area contributed by atoms with E-state index in [1.54, 1.807) is 0 Å². The van der Waals surface area contributed by atoms with Gasteiger partial charge < -0.3 is 4.74 Å². The van der Waals surface area contributed by atoms with Gasteiger partial charge >= 0.3 is 5.97 Å². The Morgan fingerprint density at radius 2 is 1.85 bits per heavy atom. The number of hydrogen-bond acceptors (Lipinski definition) is 2. The fraction of sp³-hybridized carbons (Fsp3) is 0.235. The van der Waals surface area contributed by atoms with Gasteiger partial charge in [0.1, 0.15) is 0 Å². The average Bonchev–Trinajstić information content (AvgIpc) is 2.48. The zero-order chi connectivity index (χ0) is 14.4. The Balaban J connectivity index is 2.56. The van der Waals surface area contributed by atoms with Crippen LogP contribution in [0.25, 0.3) is 11.1 Å². The second-order valence-electron chi connectivity index (χ2n) is 4.37. The highest BCUT2D eigenvalue weighted by Gasteiger charge is 2.17. The van der Waals surface area contributed by atoms with Crippen molar-refractivity contribution in [3.63, 3.8) is 0 Å². The molecule has 0 aromatic heterocycles. The van der Waals surface area contributed by atoms with Crippen molar-refractivity contribution in [3.05, 3.63) is 59.7 Å². The first-order chi connectivity index (χ1) is 9.77. The highest BCUT2D eigenvalue weighted by molar-refractivity contribution is 9.09. The topological polar surface area (TPSA) is 26.3 Å². The quantitative estimate of drug-likeness (QED) is 0.596. The number of esters is 1. The molecule has 0 spiro atoms. The predicted molar refractivity (Wildman–Crippen MR) is 85.3 cm³/mol. The van der Waals surface area contributed by atoms with Crippen molar-refractivity contribution in [1.29, 1.82) is 0 Å². The van der Waals surface area contributed by atoms with Crippen LogP contribution in [-0.2, 0) is 11.2 Å². The second-order valence-corrected chi connectivity index (χ2v) is 5.16. The minimum atomic E-state index is -0.247. The Hall–Kier alpha value is -1.61. The van der Waals surface area contributed by atoms with Crippen LogP contribution < -0.4 is 0 Å². The summed E-state index contributed by atoms with van der Waals surface area (Å²) in [6, 6.07) is 15.9. The second kappa shape index (κ2) is 7.25. The molecule has 0 aliphatic carbocycles. The van der Waals surface area contributed by atoms with Crippen molar-refractivity contribution in [2.45, 2.75) is 13.3 Å². The highest BCUT2D eigenvalue weighted by atomic mass is 79.9. The molecule has 0 aliphatic heterocycles. The van der Waals surface area contributed by atoms with Crippen molar-refractivity contribution in [3.8, 4) is 11.1 Å². The normalized spacial score (nSPS) is 10.3. The minimum Gasteiger partial charge on any atom is -0.462 e. The van der Waals surface area contributed by atoms with E-state index >= 15 is 0 Å². The summed E-state index contributed by atoms with van der Waals surface area (Å²) in [7, 11) is 0. The van der Waals surface area contributed by atoms with Crippen molar-refractivity contribution in [1.82, 2.24) is 0 Å². The van der Waals surface area contributed by atoms with Gasteiger partial charge in [-0.15, -0.1) is 0 Å². The molecule has 0 N–H and O–H groups in total. The van der Waals surface area contributed by atoms with E-state index in [4.69, 9.17) is 4.74 Å². The van der Waals surface area contributed by atoms with E-state index in [0.29, 0.717) is 12.2 Å². The fourth-order valence-electron chi connectivity index (χ4n) is 2.21. The van der Waals surface area contributed by atoms with Crippen LogP contribution in [0.15, 0.2) is 48.5 Å². The molecule has 0 unspecified atom stereocenters. The first-order valence-electron chi connectivity index (χ1n) is 6.68. The van der Waals surface area contributed by atoms with Crippen LogP contribution in [0.3, 0.4) is 0 Å². The molecule has 0 radical (unpaired) electrons. The number of carbonyl (C=O) groups is 1. The lowest BCUT2D eigenvalue weighted by atomic mass is 9.94. The molecule has 3 heteroatoms. The molecule has 0 saturated carbocycles. The van der Waals surface area contributed by atoms with Crippen LogP contribution in [-0.4, -0.2) is 17.9 Å². The maximum Gasteiger partial charge on any atom is 0.339 e. The zero-order valence-electron chi connectivity index (χ0n) is 11.4. The van der Waals surface area contributed by atoms with Gasteiger partial charge in [0.2, 0.25) is 0 Å². The van der Waals surface area contributed by atoms with Crippen LogP contribution in [0.1, 0.15) is 22.8 Å². The molecular weight excluding hydrogens is 316 g/mol. The van der Waals surface area contributed by atoms with E-state index < -0.39 is 0 Å². The summed E-state index contributed by atoms with van der Waals surface area (Å²) in [4.78, 5) is 12.3. The number of rotatable bonds is 5. The van der Waals surface area contributed by atoms with Gasteiger partial charge in [0, 0.05) is 5.33 Å². The number of hydrogen-bond donors (Lipinski definition) is 0. The maximum atomic E-state index is 12.3. The first-order valence-corrected chi connectivity index (χ1v) is 7.80. The van der Waals surface area contributed by atoms with Crippen molar-refractivity contribution in [2.24, 2.45) is 0 Å².